The van der Waals surface area contributed by atoms with Crippen LogP contribution in [0.3, 0.4) is 0 Å². The van der Waals surface area contributed by atoms with Crippen LogP contribution < -0.4 is 10.1 Å². The fourth-order valence-electron chi connectivity index (χ4n) is 2.18. The zero-order chi connectivity index (χ0) is 16.7. The summed E-state index contributed by atoms with van der Waals surface area (Å²) in [5, 5.41) is 2.79. The first-order valence-electron chi connectivity index (χ1n) is 7.29. The van der Waals surface area contributed by atoms with Gasteiger partial charge in [-0.3, -0.25) is 9.59 Å². The number of nitrogens with zero attached hydrogens (tertiary/aromatic N) is 1. The SMILES string of the molecule is COc1ccccc1CCNC(=O)CN(C)C(=O)c1ccco1. The lowest BCUT2D eigenvalue weighted by Gasteiger charge is -2.15. The van der Waals surface area contributed by atoms with Crippen molar-refractivity contribution in [3.63, 3.8) is 0 Å². The summed E-state index contributed by atoms with van der Waals surface area (Å²) in [5.74, 6) is 0.471. The smallest absolute Gasteiger partial charge is 0.289 e. The molecule has 1 aromatic carbocycles. The topological polar surface area (TPSA) is 71.8 Å². The molecule has 122 valence electrons. The van der Waals surface area contributed by atoms with Crippen molar-refractivity contribution in [1.82, 2.24) is 10.2 Å². The first kappa shape index (κ1) is 16.6. The molecule has 2 aromatic rings. The van der Waals surface area contributed by atoms with E-state index in [1.807, 2.05) is 24.3 Å². The Morgan fingerprint density at radius 3 is 2.70 bits per heavy atom. The van der Waals surface area contributed by atoms with Crippen LogP contribution in [0.1, 0.15) is 16.1 Å². The van der Waals surface area contributed by atoms with Crippen molar-refractivity contribution < 1.29 is 18.7 Å². The summed E-state index contributed by atoms with van der Waals surface area (Å²) in [6.45, 7) is 0.452. The second-order valence-electron chi connectivity index (χ2n) is 5.05. The van der Waals surface area contributed by atoms with Gasteiger partial charge in [-0.25, -0.2) is 0 Å². The lowest BCUT2D eigenvalue weighted by atomic mass is 10.1. The monoisotopic (exact) mass is 316 g/mol. The summed E-state index contributed by atoms with van der Waals surface area (Å²) in [4.78, 5) is 25.2. The number of ether oxygens (including phenoxy) is 1. The molecule has 2 rings (SSSR count). The van der Waals surface area contributed by atoms with E-state index in [0.717, 1.165) is 11.3 Å². The van der Waals surface area contributed by atoms with Gasteiger partial charge in [0.2, 0.25) is 5.91 Å². The number of hydrogen-bond acceptors (Lipinski definition) is 4. The van der Waals surface area contributed by atoms with E-state index >= 15 is 0 Å². The zero-order valence-corrected chi connectivity index (χ0v) is 13.2. The first-order chi connectivity index (χ1) is 11.1. The highest BCUT2D eigenvalue weighted by Gasteiger charge is 2.16. The summed E-state index contributed by atoms with van der Waals surface area (Å²) in [5.41, 5.74) is 1.02. The van der Waals surface area contributed by atoms with Crippen molar-refractivity contribution in [3.05, 3.63) is 54.0 Å². The van der Waals surface area contributed by atoms with E-state index in [2.05, 4.69) is 5.32 Å². The van der Waals surface area contributed by atoms with Crippen molar-refractivity contribution >= 4 is 11.8 Å². The number of carbonyl (C=O) groups is 2. The highest BCUT2D eigenvalue weighted by atomic mass is 16.5. The predicted octanol–water partition coefficient (Wildman–Crippen LogP) is 1.72. The first-order valence-corrected chi connectivity index (χ1v) is 7.29. The molecule has 1 N–H and O–H groups in total. The van der Waals surface area contributed by atoms with Crippen LogP contribution in [0.15, 0.2) is 47.1 Å². The van der Waals surface area contributed by atoms with Crippen LogP contribution in [0.5, 0.6) is 5.75 Å². The number of furan rings is 1. The second kappa shape index (κ2) is 8.03. The standard InChI is InChI=1S/C17H20N2O4/c1-19(17(21)15-8-5-11-23-15)12-16(20)18-10-9-13-6-3-4-7-14(13)22-2/h3-8,11H,9-10,12H2,1-2H3,(H,18,20). The molecule has 0 aliphatic rings. The summed E-state index contributed by atoms with van der Waals surface area (Å²) in [7, 11) is 3.18. The minimum atomic E-state index is -0.324. The largest absolute Gasteiger partial charge is 0.496 e. The van der Waals surface area contributed by atoms with Gasteiger partial charge in [0.1, 0.15) is 5.75 Å². The molecule has 0 saturated carbocycles. The highest BCUT2D eigenvalue weighted by molar-refractivity contribution is 5.94. The molecule has 0 bridgehead atoms. The summed E-state index contributed by atoms with van der Waals surface area (Å²) < 4.78 is 10.3. The second-order valence-corrected chi connectivity index (χ2v) is 5.05. The number of nitrogens with one attached hydrogen (secondary N) is 1. The third-order valence-electron chi connectivity index (χ3n) is 3.37. The van der Waals surface area contributed by atoms with Crippen molar-refractivity contribution in [3.8, 4) is 5.75 Å². The Morgan fingerprint density at radius 1 is 1.22 bits per heavy atom. The average Bonchev–Trinajstić information content (AvgIpc) is 3.09. The number of benzene rings is 1. The molecule has 0 saturated heterocycles. The molecule has 6 heteroatoms. The van der Waals surface area contributed by atoms with E-state index in [1.54, 1.807) is 26.3 Å². The predicted molar refractivity (Wildman–Crippen MR) is 85.4 cm³/mol. The molecule has 1 aromatic heterocycles. The van der Waals surface area contributed by atoms with Crippen molar-refractivity contribution in [2.75, 3.05) is 27.2 Å². The lowest BCUT2D eigenvalue weighted by Crippen LogP contribution is -2.38. The molecule has 0 fully saturated rings. The highest BCUT2D eigenvalue weighted by Crippen LogP contribution is 2.17. The van der Waals surface area contributed by atoms with E-state index in [1.165, 1.54) is 11.2 Å². The van der Waals surface area contributed by atoms with Crippen molar-refractivity contribution in [2.45, 2.75) is 6.42 Å². The maximum atomic E-state index is 12.0. The zero-order valence-electron chi connectivity index (χ0n) is 13.2. The van der Waals surface area contributed by atoms with Gasteiger partial charge in [-0.2, -0.15) is 0 Å². The summed E-state index contributed by atoms with van der Waals surface area (Å²) in [6.07, 6.45) is 2.08. The molecule has 1 heterocycles. The van der Waals surface area contributed by atoms with Crippen LogP contribution in [0.2, 0.25) is 0 Å². The number of rotatable bonds is 7. The van der Waals surface area contributed by atoms with Gasteiger partial charge in [0.25, 0.3) is 5.91 Å². The molecule has 0 atom stereocenters. The van der Waals surface area contributed by atoms with Crippen molar-refractivity contribution in [2.24, 2.45) is 0 Å². The van der Waals surface area contributed by atoms with Crippen molar-refractivity contribution in [1.29, 1.82) is 0 Å². The fraction of sp³-hybridized carbons (Fsp3) is 0.294. The number of hydrogen-bond donors (Lipinski definition) is 1. The Balaban J connectivity index is 1.78. The van der Waals surface area contributed by atoms with Crippen LogP contribution in [-0.4, -0.2) is 44.0 Å². The van der Waals surface area contributed by atoms with Gasteiger partial charge in [0.05, 0.1) is 19.9 Å². The van der Waals surface area contributed by atoms with Crippen LogP contribution in [-0.2, 0) is 11.2 Å². The maximum Gasteiger partial charge on any atom is 0.289 e. The van der Waals surface area contributed by atoms with E-state index in [4.69, 9.17) is 9.15 Å². The molecule has 0 radical (unpaired) electrons. The van der Waals surface area contributed by atoms with E-state index in [0.29, 0.717) is 13.0 Å². The quantitative estimate of drug-likeness (QED) is 0.844. The van der Waals surface area contributed by atoms with Crippen LogP contribution in [0, 0.1) is 0 Å². The number of likely N-dealkylation sites (N-methyl/N-ethyl adjacent to an activating group) is 1. The Hall–Kier alpha value is -2.76. The third-order valence-corrected chi connectivity index (χ3v) is 3.37. The summed E-state index contributed by atoms with van der Waals surface area (Å²) >= 11 is 0. The number of methoxy groups -OCH3 is 1. The molecule has 0 aliphatic heterocycles. The maximum absolute atomic E-state index is 12.0. The van der Waals surface area contributed by atoms with Gasteiger partial charge in [0, 0.05) is 13.6 Å². The van der Waals surface area contributed by atoms with Crippen LogP contribution >= 0.6 is 0 Å². The molecule has 2 amide bonds. The Kier molecular flexibility index (Phi) is 5.80. The van der Waals surface area contributed by atoms with Crippen LogP contribution in [0.4, 0.5) is 0 Å². The Morgan fingerprint density at radius 2 is 2.00 bits per heavy atom. The average molecular weight is 316 g/mol. The van der Waals surface area contributed by atoms with Gasteiger partial charge in [-0.1, -0.05) is 18.2 Å². The van der Waals surface area contributed by atoms with Gasteiger partial charge in [-0.05, 0) is 30.2 Å². The van der Waals surface area contributed by atoms with Gasteiger partial charge in [0.15, 0.2) is 5.76 Å². The molecular formula is C17H20N2O4. The molecular weight excluding hydrogens is 296 g/mol. The van der Waals surface area contributed by atoms with Gasteiger partial charge >= 0.3 is 0 Å². The van der Waals surface area contributed by atoms with E-state index in [9.17, 15) is 9.59 Å². The van der Waals surface area contributed by atoms with Gasteiger partial charge < -0.3 is 19.4 Å². The van der Waals surface area contributed by atoms with Gasteiger partial charge in [-0.15, -0.1) is 0 Å². The molecule has 6 nitrogen and oxygen atoms in total. The Bertz CT molecular complexity index is 652. The molecule has 0 aliphatic carbocycles. The van der Waals surface area contributed by atoms with E-state index in [-0.39, 0.29) is 24.1 Å². The number of carbonyl (C=O) groups excluding carboxylic acids is 2. The molecule has 23 heavy (non-hydrogen) atoms. The lowest BCUT2D eigenvalue weighted by molar-refractivity contribution is -0.121. The normalized spacial score (nSPS) is 10.2. The number of para-hydroxylation sites is 1. The number of amides is 2. The van der Waals surface area contributed by atoms with E-state index < -0.39 is 0 Å². The van der Waals surface area contributed by atoms with Crippen LogP contribution in [0.25, 0.3) is 0 Å². The third kappa shape index (κ3) is 4.60. The minimum Gasteiger partial charge on any atom is -0.496 e. The fourth-order valence-corrected chi connectivity index (χ4v) is 2.18. The molecule has 0 unspecified atom stereocenters. The Labute approximate surface area is 135 Å². The summed E-state index contributed by atoms with van der Waals surface area (Å²) in [6, 6.07) is 10.9. The molecule has 0 spiro atoms. The minimum absolute atomic E-state index is 0.0224.